The monoisotopic (exact) mass is 748 g/mol. The van der Waals surface area contributed by atoms with Gasteiger partial charge in [0.1, 0.15) is 8.67 Å². The SMILES string of the molecule is COC(=O)c1ccccc1SC1=C(Sc2ccccc2C(=O)OC)SC(=C2SC3=C(S2)Sc2c(Cl)sc(Cl)c2S3)S1. The van der Waals surface area contributed by atoms with Crippen molar-refractivity contribution < 1.29 is 19.1 Å². The number of ether oxygens (including phenoxy) is 2. The van der Waals surface area contributed by atoms with Gasteiger partial charge in [0.25, 0.3) is 0 Å². The summed E-state index contributed by atoms with van der Waals surface area (Å²) in [7, 11) is 2.77. The summed E-state index contributed by atoms with van der Waals surface area (Å²) in [4.78, 5) is 28.7. The molecule has 3 aliphatic rings. The predicted molar refractivity (Wildman–Crippen MR) is 185 cm³/mol. The highest BCUT2D eigenvalue weighted by Crippen LogP contribution is 2.71. The van der Waals surface area contributed by atoms with E-state index in [1.807, 2.05) is 36.4 Å². The molecule has 0 saturated carbocycles. The van der Waals surface area contributed by atoms with E-state index in [4.69, 9.17) is 32.7 Å². The van der Waals surface area contributed by atoms with E-state index in [1.165, 1.54) is 61.8 Å². The fourth-order valence-electron chi connectivity index (χ4n) is 3.54. The average molecular weight is 750 g/mol. The van der Waals surface area contributed by atoms with Crippen LogP contribution < -0.4 is 0 Å². The molecular formula is C26H14Cl2O4S9. The quantitative estimate of drug-likeness (QED) is 0.226. The highest BCUT2D eigenvalue weighted by Gasteiger charge is 2.36. The Morgan fingerprint density at radius 1 is 0.610 bits per heavy atom. The summed E-state index contributed by atoms with van der Waals surface area (Å²) in [6.45, 7) is 0. The zero-order valence-corrected chi connectivity index (χ0v) is 29.5. The largest absolute Gasteiger partial charge is 0.465 e. The maximum atomic E-state index is 12.5. The zero-order chi connectivity index (χ0) is 28.7. The molecule has 4 nitrogen and oxygen atoms in total. The summed E-state index contributed by atoms with van der Waals surface area (Å²) < 4.78 is 18.3. The van der Waals surface area contributed by atoms with Crippen LogP contribution in [0, 0.1) is 0 Å². The van der Waals surface area contributed by atoms with Crippen molar-refractivity contribution in [1.29, 1.82) is 0 Å². The van der Waals surface area contributed by atoms with E-state index in [9.17, 15) is 9.59 Å². The van der Waals surface area contributed by atoms with Gasteiger partial charge in [-0.25, -0.2) is 9.59 Å². The van der Waals surface area contributed by atoms with Gasteiger partial charge in [0.15, 0.2) is 0 Å². The number of thiophene rings is 1. The zero-order valence-electron chi connectivity index (χ0n) is 20.7. The Bertz CT molecular complexity index is 1580. The lowest BCUT2D eigenvalue weighted by Crippen LogP contribution is -2.03. The highest BCUT2D eigenvalue weighted by atomic mass is 35.5. The standard InChI is InChI=1S/C26H14Cl2O4S9/c1-31-19(29)11-7-3-5-9-13(11)33-21-22(34-14-10-6-4-8-12(14)20(30)32-2)39-25(38-21)26-40-23-24(41-26)36-16-15(35-23)17(27)37-18(16)28/h3-10H,1-2H3. The van der Waals surface area contributed by atoms with E-state index in [1.54, 1.807) is 82.7 Å². The Kier molecular flexibility index (Phi) is 10.00. The van der Waals surface area contributed by atoms with Gasteiger partial charge in [-0.3, -0.25) is 0 Å². The van der Waals surface area contributed by atoms with E-state index in [2.05, 4.69) is 0 Å². The maximum Gasteiger partial charge on any atom is 0.339 e. The van der Waals surface area contributed by atoms with Gasteiger partial charge < -0.3 is 9.47 Å². The number of thioether (sulfide) groups is 8. The van der Waals surface area contributed by atoms with Gasteiger partial charge in [0, 0.05) is 9.79 Å². The molecule has 4 heterocycles. The third-order valence-electron chi connectivity index (χ3n) is 5.36. The van der Waals surface area contributed by atoms with Crippen molar-refractivity contribution in [2.45, 2.75) is 19.6 Å². The summed E-state index contributed by atoms with van der Waals surface area (Å²) in [6.07, 6.45) is 0. The molecule has 0 radical (unpaired) electrons. The van der Waals surface area contributed by atoms with Crippen molar-refractivity contribution in [3.8, 4) is 0 Å². The van der Waals surface area contributed by atoms with Crippen molar-refractivity contribution in [3.63, 3.8) is 0 Å². The smallest absolute Gasteiger partial charge is 0.339 e. The lowest BCUT2D eigenvalue weighted by atomic mass is 10.2. The predicted octanol–water partition coefficient (Wildman–Crippen LogP) is 11.8. The second-order valence-corrected chi connectivity index (χ2v) is 19.8. The third kappa shape index (κ3) is 6.42. The molecule has 3 aliphatic heterocycles. The van der Waals surface area contributed by atoms with Crippen LogP contribution in [0.15, 0.2) is 93.5 Å². The molecule has 210 valence electrons. The van der Waals surface area contributed by atoms with Gasteiger partial charge in [0.05, 0.1) is 60.6 Å². The molecule has 0 N–H and O–H groups in total. The minimum absolute atomic E-state index is 0.384. The van der Waals surface area contributed by atoms with Crippen molar-refractivity contribution in [3.05, 3.63) is 93.8 Å². The molecule has 0 bridgehead atoms. The third-order valence-corrected chi connectivity index (χ3v) is 19.2. The minimum Gasteiger partial charge on any atom is -0.465 e. The van der Waals surface area contributed by atoms with Crippen LogP contribution in [0.4, 0.5) is 0 Å². The van der Waals surface area contributed by atoms with E-state index in [0.29, 0.717) is 11.1 Å². The number of carbonyl (C=O) groups is 2. The Morgan fingerprint density at radius 3 is 1.44 bits per heavy atom. The van der Waals surface area contributed by atoms with Gasteiger partial charge in [-0.2, -0.15) is 0 Å². The lowest BCUT2D eigenvalue weighted by molar-refractivity contribution is 0.0588. The summed E-state index contributed by atoms with van der Waals surface area (Å²) >= 11 is 27.6. The van der Waals surface area contributed by atoms with E-state index in [-0.39, 0.29) is 11.9 Å². The van der Waals surface area contributed by atoms with Crippen LogP contribution in [-0.2, 0) is 9.47 Å². The van der Waals surface area contributed by atoms with E-state index < -0.39 is 0 Å². The van der Waals surface area contributed by atoms with Crippen molar-refractivity contribution in [2.75, 3.05) is 14.2 Å². The number of halogens is 2. The second-order valence-electron chi connectivity index (χ2n) is 7.82. The number of fused-ring (bicyclic) bond motifs is 1. The molecule has 3 aromatic rings. The minimum atomic E-state index is -0.384. The molecule has 1 aromatic heterocycles. The molecule has 0 fully saturated rings. The molecule has 41 heavy (non-hydrogen) atoms. The molecule has 0 unspecified atom stereocenters. The Labute approximate surface area is 284 Å². The first-order chi connectivity index (χ1) is 19.9. The first-order valence-corrected chi connectivity index (χ1v) is 19.4. The summed E-state index contributed by atoms with van der Waals surface area (Å²) in [6, 6.07) is 14.8. The van der Waals surface area contributed by atoms with Crippen LogP contribution >= 0.6 is 129 Å². The van der Waals surface area contributed by atoms with Gasteiger partial charge >= 0.3 is 11.9 Å². The van der Waals surface area contributed by atoms with Crippen LogP contribution in [0.2, 0.25) is 8.67 Å². The molecular weight excluding hydrogens is 736 g/mol. The van der Waals surface area contributed by atoms with Crippen LogP contribution in [-0.4, -0.2) is 26.2 Å². The highest BCUT2D eigenvalue weighted by molar-refractivity contribution is 8.45. The average Bonchev–Trinajstić information content (AvgIpc) is 3.66. The number of methoxy groups -OCH3 is 2. The topological polar surface area (TPSA) is 52.6 Å². The van der Waals surface area contributed by atoms with E-state index in [0.717, 1.165) is 41.0 Å². The number of benzene rings is 2. The van der Waals surface area contributed by atoms with Gasteiger partial charge in [-0.15, -0.1) is 11.3 Å². The van der Waals surface area contributed by atoms with Crippen molar-refractivity contribution in [2.24, 2.45) is 0 Å². The first kappa shape index (κ1) is 30.7. The van der Waals surface area contributed by atoms with Crippen LogP contribution in [0.1, 0.15) is 20.7 Å². The fraction of sp³-hybridized carbons (Fsp3) is 0.0769. The first-order valence-electron chi connectivity index (χ1n) is 11.3. The summed E-state index contributed by atoms with van der Waals surface area (Å²) in [5, 5.41) is 0. The number of hydrogen-bond donors (Lipinski definition) is 0. The Hall–Kier alpha value is -0.320. The van der Waals surface area contributed by atoms with Crippen molar-refractivity contribution >= 4 is 141 Å². The molecule has 0 saturated heterocycles. The fourth-order valence-corrected chi connectivity index (χ4v) is 17.6. The molecule has 0 aliphatic carbocycles. The number of hydrogen-bond acceptors (Lipinski definition) is 13. The molecule has 0 spiro atoms. The number of esters is 2. The molecule has 6 rings (SSSR count). The van der Waals surface area contributed by atoms with Gasteiger partial charge in [-0.05, 0) is 24.3 Å². The molecule has 0 amide bonds. The van der Waals surface area contributed by atoms with Gasteiger partial charge in [0.2, 0.25) is 0 Å². The lowest BCUT2D eigenvalue weighted by Gasteiger charge is -2.11. The Morgan fingerprint density at radius 2 is 1.00 bits per heavy atom. The summed E-state index contributed by atoms with van der Waals surface area (Å²) in [5.41, 5.74) is 1.01. The molecule has 15 heteroatoms. The Balaban J connectivity index is 1.32. The number of rotatable bonds is 6. The normalized spacial score (nSPS) is 16.3. The van der Waals surface area contributed by atoms with Crippen LogP contribution in [0.3, 0.4) is 0 Å². The maximum absolute atomic E-state index is 12.5. The molecule has 0 atom stereocenters. The van der Waals surface area contributed by atoms with E-state index >= 15 is 0 Å². The number of carbonyl (C=O) groups excluding carboxylic acids is 2. The summed E-state index contributed by atoms with van der Waals surface area (Å²) in [5.74, 6) is -0.767. The molecule has 2 aromatic carbocycles. The van der Waals surface area contributed by atoms with Crippen LogP contribution in [0.25, 0.3) is 0 Å². The second kappa shape index (κ2) is 13.4. The van der Waals surface area contributed by atoms with Crippen molar-refractivity contribution in [1.82, 2.24) is 0 Å². The van der Waals surface area contributed by atoms with Gasteiger partial charge in [-0.1, -0.05) is 142 Å². The van der Waals surface area contributed by atoms with Crippen LogP contribution in [0.5, 0.6) is 0 Å².